The van der Waals surface area contributed by atoms with Gasteiger partial charge in [0.1, 0.15) is 5.82 Å². The first-order valence-electron chi connectivity index (χ1n) is 8.71. The van der Waals surface area contributed by atoms with Gasteiger partial charge in [0.25, 0.3) is 0 Å². The molecule has 0 atom stereocenters. The van der Waals surface area contributed by atoms with Crippen molar-refractivity contribution in [3.63, 3.8) is 0 Å². The highest BCUT2D eigenvalue weighted by Gasteiger charge is 2.26. The molecule has 0 fully saturated rings. The molecule has 0 bridgehead atoms. The van der Waals surface area contributed by atoms with E-state index in [-0.39, 0.29) is 22.4 Å². The van der Waals surface area contributed by atoms with E-state index in [0.29, 0.717) is 23.8 Å². The normalized spacial score (nSPS) is 13.5. The van der Waals surface area contributed by atoms with Crippen molar-refractivity contribution in [2.75, 3.05) is 17.2 Å². The van der Waals surface area contributed by atoms with E-state index in [1.54, 1.807) is 29.3 Å². The predicted molar refractivity (Wildman–Crippen MR) is 109 cm³/mol. The van der Waals surface area contributed by atoms with Gasteiger partial charge in [0.15, 0.2) is 5.16 Å². The zero-order chi connectivity index (χ0) is 20.6. The highest BCUT2D eigenvalue weighted by atomic mass is 32.2. The third-order valence-electron chi connectivity index (χ3n) is 4.62. The lowest BCUT2D eigenvalue weighted by atomic mass is 10.2. The maximum Gasteiger partial charge on any atom is 0.238 e. The number of thioether (sulfide) groups is 1. The number of carbonyl (C=O) groups is 1. The Morgan fingerprint density at radius 2 is 2.00 bits per heavy atom. The number of anilines is 1. The molecule has 2 aromatic carbocycles. The maximum absolute atomic E-state index is 13.0. The number of benzene rings is 2. The van der Waals surface area contributed by atoms with Crippen LogP contribution in [0.4, 0.5) is 10.1 Å². The second-order valence-electron chi connectivity index (χ2n) is 6.53. The van der Waals surface area contributed by atoms with Gasteiger partial charge in [0, 0.05) is 12.2 Å². The molecule has 150 valence electrons. The Morgan fingerprint density at radius 1 is 1.24 bits per heavy atom. The number of fused-ring (bicyclic) bond motifs is 1. The topological polar surface area (TPSA) is 109 Å². The minimum Gasteiger partial charge on any atom is -0.333 e. The Morgan fingerprint density at radius 3 is 2.72 bits per heavy atom. The molecular formula is C19H17FN4O3S2. The van der Waals surface area contributed by atoms with Crippen LogP contribution in [-0.4, -0.2) is 36.6 Å². The molecule has 2 heterocycles. The number of halogens is 1. The number of nitrogens with one attached hydrogen (secondary N) is 1. The Bertz CT molecular complexity index is 1180. The first-order valence-corrected chi connectivity index (χ1v) is 11.2. The number of nitrogens with two attached hydrogens (primary N) is 1. The summed E-state index contributed by atoms with van der Waals surface area (Å²) in [5, 5.41) is 5.75. The summed E-state index contributed by atoms with van der Waals surface area (Å²) in [5.41, 5.74) is 3.03. The van der Waals surface area contributed by atoms with Crippen LogP contribution in [-0.2, 0) is 21.2 Å². The summed E-state index contributed by atoms with van der Waals surface area (Å²) in [6, 6.07) is 10.6. The SMILES string of the molecule is NS(=O)(=O)c1ccc2c(c1)CCN2C(=O)CSc1ncc(-c2ccc(F)cc2)[nH]1. The van der Waals surface area contributed by atoms with Crippen molar-refractivity contribution in [2.45, 2.75) is 16.5 Å². The summed E-state index contributed by atoms with van der Waals surface area (Å²) in [4.78, 5) is 21.7. The molecule has 0 unspecified atom stereocenters. The van der Waals surface area contributed by atoms with Crippen LogP contribution in [0, 0.1) is 5.82 Å². The highest BCUT2D eigenvalue weighted by molar-refractivity contribution is 7.99. The second kappa shape index (κ2) is 7.62. The van der Waals surface area contributed by atoms with Crippen molar-refractivity contribution in [1.29, 1.82) is 0 Å². The van der Waals surface area contributed by atoms with Gasteiger partial charge in [0.05, 0.1) is 22.5 Å². The average Bonchev–Trinajstić information content (AvgIpc) is 3.32. The van der Waals surface area contributed by atoms with E-state index in [4.69, 9.17) is 5.14 Å². The van der Waals surface area contributed by atoms with Gasteiger partial charge in [-0.1, -0.05) is 11.8 Å². The number of H-pyrrole nitrogens is 1. The maximum atomic E-state index is 13.0. The molecule has 0 aliphatic carbocycles. The van der Waals surface area contributed by atoms with Gasteiger partial charge in [0.2, 0.25) is 15.9 Å². The molecule has 0 spiro atoms. The van der Waals surface area contributed by atoms with Crippen LogP contribution in [0.5, 0.6) is 0 Å². The number of primary sulfonamides is 1. The molecule has 1 aliphatic rings. The molecule has 0 saturated carbocycles. The summed E-state index contributed by atoms with van der Waals surface area (Å²) in [6.45, 7) is 0.488. The van der Waals surface area contributed by atoms with Crippen LogP contribution < -0.4 is 10.0 Å². The number of amides is 1. The molecule has 1 amide bonds. The molecule has 0 radical (unpaired) electrons. The highest BCUT2D eigenvalue weighted by Crippen LogP contribution is 2.31. The first-order chi connectivity index (χ1) is 13.8. The molecule has 4 rings (SSSR count). The second-order valence-corrected chi connectivity index (χ2v) is 9.05. The van der Waals surface area contributed by atoms with E-state index >= 15 is 0 Å². The van der Waals surface area contributed by atoms with E-state index in [9.17, 15) is 17.6 Å². The molecule has 1 aromatic heterocycles. The molecule has 29 heavy (non-hydrogen) atoms. The monoisotopic (exact) mass is 432 g/mol. The Balaban J connectivity index is 1.42. The lowest BCUT2D eigenvalue weighted by molar-refractivity contribution is -0.116. The molecule has 7 nitrogen and oxygen atoms in total. The number of aromatic nitrogens is 2. The van der Waals surface area contributed by atoms with Crippen LogP contribution in [0.1, 0.15) is 5.56 Å². The number of hydrogen-bond acceptors (Lipinski definition) is 5. The van der Waals surface area contributed by atoms with Crippen LogP contribution in [0.3, 0.4) is 0 Å². The minimum absolute atomic E-state index is 0.0452. The van der Waals surface area contributed by atoms with Gasteiger partial charge in [-0.05, 0) is 60.0 Å². The van der Waals surface area contributed by atoms with E-state index < -0.39 is 10.0 Å². The van der Waals surface area contributed by atoms with Crippen LogP contribution >= 0.6 is 11.8 Å². The largest absolute Gasteiger partial charge is 0.333 e. The van der Waals surface area contributed by atoms with Gasteiger partial charge in [-0.25, -0.2) is 22.9 Å². The molecule has 3 N–H and O–H groups in total. The molecular weight excluding hydrogens is 415 g/mol. The molecule has 10 heteroatoms. The Labute approximate surface area is 171 Å². The summed E-state index contributed by atoms with van der Waals surface area (Å²) < 4.78 is 36.0. The number of imidazole rings is 1. The minimum atomic E-state index is -3.77. The van der Waals surface area contributed by atoms with Crippen LogP contribution in [0.25, 0.3) is 11.3 Å². The predicted octanol–water partition coefficient (Wildman–Crippen LogP) is 2.54. The quantitative estimate of drug-likeness (QED) is 0.602. The lowest BCUT2D eigenvalue weighted by Crippen LogP contribution is -2.30. The Kier molecular flexibility index (Phi) is 5.15. The van der Waals surface area contributed by atoms with Crippen LogP contribution in [0.2, 0.25) is 0 Å². The summed E-state index contributed by atoms with van der Waals surface area (Å²) in [7, 11) is -3.77. The number of hydrogen-bond donors (Lipinski definition) is 2. The number of sulfonamides is 1. The number of nitrogens with zero attached hydrogens (tertiary/aromatic N) is 2. The average molecular weight is 433 g/mol. The van der Waals surface area contributed by atoms with E-state index in [1.165, 1.54) is 36.0 Å². The van der Waals surface area contributed by atoms with Gasteiger partial charge in [-0.3, -0.25) is 4.79 Å². The number of aromatic amines is 1. The van der Waals surface area contributed by atoms with Crippen molar-refractivity contribution in [3.8, 4) is 11.3 Å². The van der Waals surface area contributed by atoms with E-state index in [2.05, 4.69) is 9.97 Å². The molecule has 0 saturated heterocycles. The summed E-state index contributed by atoms with van der Waals surface area (Å²) >= 11 is 1.27. The van der Waals surface area contributed by atoms with Gasteiger partial charge < -0.3 is 9.88 Å². The fraction of sp³-hybridized carbons (Fsp3) is 0.158. The summed E-state index contributed by atoms with van der Waals surface area (Å²) in [6.07, 6.45) is 2.21. The van der Waals surface area contributed by atoms with Crippen LogP contribution in [0.15, 0.2) is 58.7 Å². The number of carbonyl (C=O) groups excluding carboxylic acids is 1. The lowest BCUT2D eigenvalue weighted by Gasteiger charge is -2.17. The van der Waals surface area contributed by atoms with Crippen molar-refractivity contribution >= 4 is 33.4 Å². The van der Waals surface area contributed by atoms with Crippen molar-refractivity contribution in [2.24, 2.45) is 5.14 Å². The fourth-order valence-electron chi connectivity index (χ4n) is 3.17. The van der Waals surface area contributed by atoms with Crippen molar-refractivity contribution in [1.82, 2.24) is 9.97 Å². The zero-order valence-corrected chi connectivity index (χ0v) is 16.8. The van der Waals surface area contributed by atoms with Gasteiger partial charge >= 0.3 is 0 Å². The zero-order valence-electron chi connectivity index (χ0n) is 15.1. The van der Waals surface area contributed by atoms with Crippen molar-refractivity contribution < 1.29 is 17.6 Å². The molecule has 1 aliphatic heterocycles. The van der Waals surface area contributed by atoms with Gasteiger partial charge in [-0.2, -0.15) is 0 Å². The smallest absolute Gasteiger partial charge is 0.238 e. The van der Waals surface area contributed by atoms with Crippen molar-refractivity contribution in [3.05, 3.63) is 60.0 Å². The van der Waals surface area contributed by atoms with E-state index in [1.807, 2.05) is 0 Å². The standard InChI is InChI=1S/C19H17FN4O3S2/c20-14-3-1-12(2-4-14)16-10-22-19(23-16)28-11-18(25)24-8-7-13-9-15(29(21,26)27)5-6-17(13)24/h1-6,9-10H,7-8,11H2,(H,22,23)(H2,21,26,27). The fourth-order valence-corrected chi connectivity index (χ4v) is 4.46. The molecule has 3 aromatic rings. The van der Waals surface area contributed by atoms with E-state index in [0.717, 1.165) is 16.8 Å². The summed E-state index contributed by atoms with van der Waals surface area (Å²) in [5.74, 6) is -0.236. The first kappa shape index (κ1) is 19.6. The Hall–Kier alpha value is -2.69. The van der Waals surface area contributed by atoms with Gasteiger partial charge in [-0.15, -0.1) is 0 Å². The number of rotatable bonds is 5. The third kappa shape index (κ3) is 4.19. The third-order valence-corrected chi connectivity index (χ3v) is 6.40.